The molecule has 0 aliphatic heterocycles. The van der Waals surface area contributed by atoms with Gasteiger partial charge < -0.3 is 0 Å². The van der Waals surface area contributed by atoms with Crippen molar-refractivity contribution < 1.29 is 0 Å². The lowest BCUT2D eigenvalue weighted by Crippen LogP contribution is -1.83. The zero-order valence-corrected chi connectivity index (χ0v) is 7.80. The van der Waals surface area contributed by atoms with E-state index in [4.69, 9.17) is 11.6 Å². The van der Waals surface area contributed by atoms with Crippen molar-refractivity contribution in [1.82, 2.24) is 20.0 Å². The molecule has 4 nitrogen and oxygen atoms in total. The minimum atomic E-state index is 0.453. The maximum atomic E-state index is 5.63. The van der Waals surface area contributed by atoms with Crippen LogP contribution >= 0.6 is 22.9 Å². The zero-order valence-electron chi connectivity index (χ0n) is 6.23. The second-order valence-corrected chi connectivity index (χ2v) is 3.82. The highest BCUT2D eigenvalue weighted by Gasteiger charge is 2.05. The van der Waals surface area contributed by atoms with Gasteiger partial charge in [0.25, 0.3) is 0 Å². The number of nitrogens with zero attached hydrogens (tertiary/aromatic N) is 4. The topological polar surface area (TPSA) is 43.6 Å². The van der Waals surface area contributed by atoms with Crippen LogP contribution in [-0.2, 0) is 7.05 Å². The summed E-state index contributed by atoms with van der Waals surface area (Å²) in [5.74, 6) is 0. The average molecular weight is 201 g/mol. The Kier molecular flexibility index (Phi) is 1.82. The van der Waals surface area contributed by atoms with Crippen LogP contribution in [0.25, 0.3) is 10.6 Å². The second kappa shape index (κ2) is 2.84. The third kappa shape index (κ3) is 1.33. The molecule has 0 fully saturated rings. The molecule has 2 heterocycles. The van der Waals surface area contributed by atoms with E-state index in [-0.39, 0.29) is 0 Å². The van der Waals surface area contributed by atoms with Gasteiger partial charge in [0.05, 0.1) is 11.8 Å². The average Bonchev–Trinajstić information content (AvgIpc) is 2.58. The van der Waals surface area contributed by atoms with E-state index in [0.717, 1.165) is 10.6 Å². The smallest absolute Gasteiger partial charge is 0.207 e. The predicted molar refractivity (Wildman–Crippen MR) is 47.1 cm³/mol. The van der Waals surface area contributed by atoms with Crippen LogP contribution in [0.4, 0.5) is 0 Å². The van der Waals surface area contributed by atoms with Gasteiger partial charge >= 0.3 is 0 Å². The van der Waals surface area contributed by atoms with Crippen molar-refractivity contribution >= 4 is 22.9 Å². The molecule has 2 aromatic heterocycles. The minimum Gasteiger partial charge on any atom is -0.275 e. The normalized spacial score (nSPS) is 10.5. The lowest BCUT2D eigenvalue weighted by molar-refractivity contribution is 0.768. The number of aryl methyl sites for hydroxylation is 1. The fraction of sp³-hybridized carbons (Fsp3) is 0.167. The first-order valence-electron chi connectivity index (χ1n) is 3.24. The Morgan fingerprint density at radius 3 is 2.83 bits per heavy atom. The molecule has 0 saturated carbocycles. The van der Waals surface area contributed by atoms with Crippen molar-refractivity contribution in [3.8, 4) is 10.6 Å². The van der Waals surface area contributed by atoms with E-state index < -0.39 is 0 Å². The lowest BCUT2D eigenvalue weighted by Gasteiger charge is -1.83. The molecule has 0 aromatic carbocycles. The van der Waals surface area contributed by atoms with Crippen LogP contribution in [0.3, 0.4) is 0 Å². The van der Waals surface area contributed by atoms with Crippen LogP contribution < -0.4 is 0 Å². The molecule has 2 rings (SSSR count). The molecule has 0 bridgehead atoms. The Balaban J connectivity index is 2.43. The maximum Gasteiger partial charge on any atom is 0.207 e. The molecule has 0 spiro atoms. The first-order chi connectivity index (χ1) is 5.75. The number of hydrogen-bond acceptors (Lipinski definition) is 4. The summed E-state index contributed by atoms with van der Waals surface area (Å²) in [7, 11) is 1.85. The van der Waals surface area contributed by atoms with Gasteiger partial charge in [-0.15, -0.1) is 10.2 Å². The van der Waals surface area contributed by atoms with Crippen molar-refractivity contribution in [2.75, 3.05) is 0 Å². The van der Waals surface area contributed by atoms with Gasteiger partial charge in [-0.3, -0.25) is 4.68 Å². The van der Waals surface area contributed by atoms with Crippen LogP contribution in [0.2, 0.25) is 4.47 Å². The maximum absolute atomic E-state index is 5.63. The second-order valence-electron chi connectivity index (χ2n) is 2.26. The van der Waals surface area contributed by atoms with Crippen LogP contribution in [-0.4, -0.2) is 20.0 Å². The molecule has 0 aliphatic carbocycles. The van der Waals surface area contributed by atoms with Crippen LogP contribution in [0, 0.1) is 0 Å². The first kappa shape index (κ1) is 7.70. The first-order valence-corrected chi connectivity index (χ1v) is 4.43. The van der Waals surface area contributed by atoms with Gasteiger partial charge in [-0.2, -0.15) is 5.10 Å². The Hall–Kier alpha value is -0.940. The standard InChI is InChI=1S/C6H5ClN4S/c1-11-3-4(2-8-11)5-9-10-6(7)12-5/h2-3H,1H3. The van der Waals surface area contributed by atoms with Crippen molar-refractivity contribution in [1.29, 1.82) is 0 Å². The van der Waals surface area contributed by atoms with E-state index in [2.05, 4.69) is 15.3 Å². The lowest BCUT2D eigenvalue weighted by atomic mass is 10.4. The summed E-state index contributed by atoms with van der Waals surface area (Å²) in [4.78, 5) is 0. The molecule has 12 heavy (non-hydrogen) atoms. The van der Waals surface area contributed by atoms with E-state index in [1.54, 1.807) is 10.9 Å². The van der Waals surface area contributed by atoms with Crippen LogP contribution in [0.1, 0.15) is 0 Å². The summed E-state index contributed by atoms with van der Waals surface area (Å²) in [5.41, 5.74) is 0.946. The van der Waals surface area contributed by atoms with Gasteiger partial charge in [0.15, 0.2) is 5.01 Å². The van der Waals surface area contributed by atoms with Gasteiger partial charge in [-0.05, 0) is 11.6 Å². The highest BCUT2D eigenvalue weighted by atomic mass is 35.5. The molecule has 6 heteroatoms. The van der Waals surface area contributed by atoms with Gasteiger partial charge in [0.1, 0.15) is 0 Å². The third-order valence-corrected chi connectivity index (χ3v) is 2.42. The molecule has 0 aliphatic rings. The zero-order chi connectivity index (χ0) is 8.55. The highest BCUT2D eigenvalue weighted by molar-refractivity contribution is 7.18. The minimum absolute atomic E-state index is 0.453. The molecule has 0 amide bonds. The Labute approximate surface area is 77.8 Å². The van der Waals surface area contributed by atoms with Gasteiger partial charge in [0, 0.05) is 13.2 Å². The van der Waals surface area contributed by atoms with E-state index >= 15 is 0 Å². The molecular weight excluding hydrogens is 196 g/mol. The summed E-state index contributed by atoms with van der Waals surface area (Å²) in [5, 5.41) is 12.4. The van der Waals surface area contributed by atoms with E-state index in [0.29, 0.717) is 4.47 Å². The summed E-state index contributed by atoms with van der Waals surface area (Å²) < 4.78 is 2.17. The third-order valence-electron chi connectivity index (χ3n) is 1.35. The van der Waals surface area contributed by atoms with Crippen LogP contribution in [0.15, 0.2) is 12.4 Å². The van der Waals surface area contributed by atoms with Crippen LogP contribution in [0.5, 0.6) is 0 Å². The van der Waals surface area contributed by atoms with E-state index in [1.165, 1.54) is 11.3 Å². The van der Waals surface area contributed by atoms with Gasteiger partial charge in [0.2, 0.25) is 4.47 Å². The van der Waals surface area contributed by atoms with E-state index in [9.17, 15) is 0 Å². The molecule has 0 unspecified atom stereocenters. The molecule has 62 valence electrons. The Morgan fingerprint density at radius 1 is 1.50 bits per heavy atom. The molecular formula is C6H5ClN4S. The van der Waals surface area contributed by atoms with Crippen molar-refractivity contribution in [2.45, 2.75) is 0 Å². The molecule has 0 radical (unpaired) electrons. The monoisotopic (exact) mass is 200 g/mol. The summed E-state index contributed by atoms with van der Waals surface area (Å²) in [6.07, 6.45) is 3.60. The Morgan fingerprint density at radius 2 is 2.33 bits per heavy atom. The van der Waals surface area contributed by atoms with E-state index in [1.807, 2.05) is 13.2 Å². The van der Waals surface area contributed by atoms with Gasteiger partial charge in [-0.1, -0.05) is 11.3 Å². The number of aromatic nitrogens is 4. The molecule has 0 saturated heterocycles. The van der Waals surface area contributed by atoms with Crippen molar-refractivity contribution in [3.63, 3.8) is 0 Å². The molecule has 2 aromatic rings. The highest BCUT2D eigenvalue weighted by Crippen LogP contribution is 2.24. The number of hydrogen-bond donors (Lipinski definition) is 0. The summed E-state index contributed by atoms with van der Waals surface area (Å²) in [6.45, 7) is 0. The fourth-order valence-electron chi connectivity index (χ4n) is 0.854. The van der Waals surface area contributed by atoms with Gasteiger partial charge in [-0.25, -0.2) is 0 Å². The number of rotatable bonds is 1. The summed E-state index contributed by atoms with van der Waals surface area (Å²) in [6, 6.07) is 0. The molecule has 0 atom stereocenters. The quantitative estimate of drug-likeness (QED) is 0.702. The fourth-order valence-corrected chi connectivity index (χ4v) is 1.66. The van der Waals surface area contributed by atoms with Crippen molar-refractivity contribution in [2.24, 2.45) is 7.05 Å². The largest absolute Gasteiger partial charge is 0.275 e. The summed E-state index contributed by atoms with van der Waals surface area (Å²) >= 11 is 6.98. The van der Waals surface area contributed by atoms with Crippen molar-refractivity contribution in [3.05, 3.63) is 16.9 Å². The number of halogens is 1. The Bertz CT molecular complexity index is 355. The SMILES string of the molecule is Cn1cc(-c2nnc(Cl)s2)cn1. The molecule has 0 N–H and O–H groups in total. The predicted octanol–water partition coefficient (Wildman–Crippen LogP) is 1.59.